The van der Waals surface area contributed by atoms with Gasteiger partial charge < -0.3 is 10.4 Å². The molecule has 0 bridgehead atoms. The molecule has 0 aliphatic carbocycles. The minimum atomic E-state index is -0.861. The molecule has 2 N–H and O–H groups in total. The van der Waals surface area contributed by atoms with Crippen LogP contribution in [-0.4, -0.2) is 11.7 Å². The van der Waals surface area contributed by atoms with Crippen LogP contribution < -0.4 is 5.32 Å². The van der Waals surface area contributed by atoms with Crippen molar-refractivity contribution in [1.82, 2.24) is 0 Å². The largest absolute Gasteiger partial charge is 0.387 e. The number of aliphatic hydroxyl groups is 1. The van der Waals surface area contributed by atoms with Crippen molar-refractivity contribution in [2.75, 3.05) is 11.9 Å². The highest BCUT2D eigenvalue weighted by molar-refractivity contribution is 6.33. The maximum Gasteiger partial charge on any atom is 0.143 e. The maximum absolute atomic E-state index is 13.3. The Hall–Kier alpha value is -1.000. The van der Waals surface area contributed by atoms with Gasteiger partial charge in [0.2, 0.25) is 0 Å². The zero-order valence-corrected chi connectivity index (χ0v) is 12.5. The Kier molecular flexibility index (Phi) is 5.11. The fraction of sp³-hybridized carbons (Fsp3) is 0.143. The second-order valence-corrected chi connectivity index (χ2v) is 5.44. The average molecular weight is 335 g/mol. The first-order valence-electron chi connectivity index (χ1n) is 5.79. The molecule has 0 amide bonds. The number of halogens is 4. The Morgan fingerprint density at radius 3 is 2.45 bits per heavy atom. The average Bonchev–Trinajstić information content (AvgIpc) is 2.42. The molecule has 0 heterocycles. The highest BCUT2D eigenvalue weighted by Gasteiger charge is 2.12. The molecule has 0 aliphatic rings. The first kappa shape index (κ1) is 15.4. The van der Waals surface area contributed by atoms with Crippen molar-refractivity contribution in [3.8, 4) is 0 Å². The molecule has 1 atom stereocenters. The topological polar surface area (TPSA) is 32.3 Å². The predicted molar refractivity (Wildman–Crippen MR) is 81.3 cm³/mol. The molecule has 0 radical (unpaired) electrons. The van der Waals surface area contributed by atoms with Crippen LogP contribution in [-0.2, 0) is 0 Å². The van der Waals surface area contributed by atoms with Crippen LogP contribution in [0.1, 0.15) is 11.7 Å². The van der Waals surface area contributed by atoms with Gasteiger partial charge in [0.15, 0.2) is 0 Å². The summed E-state index contributed by atoms with van der Waals surface area (Å²) in [5.74, 6) is -0.521. The van der Waals surface area contributed by atoms with Crippen LogP contribution in [0.3, 0.4) is 0 Å². The van der Waals surface area contributed by atoms with Gasteiger partial charge in [0.1, 0.15) is 5.82 Å². The van der Waals surface area contributed by atoms with Crippen molar-refractivity contribution in [3.63, 3.8) is 0 Å². The van der Waals surface area contributed by atoms with E-state index in [1.54, 1.807) is 24.3 Å². The lowest BCUT2D eigenvalue weighted by Gasteiger charge is -2.15. The van der Waals surface area contributed by atoms with Crippen LogP contribution in [0.15, 0.2) is 36.4 Å². The first-order chi connectivity index (χ1) is 9.47. The Labute approximate surface area is 131 Å². The molecule has 0 saturated heterocycles. The number of hydrogen-bond donors (Lipinski definition) is 2. The molecule has 2 aromatic rings. The Morgan fingerprint density at radius 1 is 1.05 bits per heavy atom. The number of nitrogens with one attached hydrogen (secondary N) is 1. The van der Waals surface area contributed by atoms with Crippen LogP contribution in [0.5, 0.6) is 0 Å². The fourth-order valence-electron chi connectivity index (χ4n) is 1.70. The summed E-state index contributed by atoms with van der Waals surface area (Å²) in [6, 6.07) is 9.18. The zero-order chi connectivity index (χ0) is 14.7. The van der Waals surface area contributed by atoms with Crippen molar-refractivity contribution >= 4 is 40.5 Å². The van der Waals surface area contributed by atoms with Crippen LogP contribution >= 0.6 is 34.8 Å². The monoisotopic (exact) mass is 333 g/mol. The van der Waals surface area contributed by atoms with E-state index in [2.05, 4.69) is 5.32 Å². The second-order valence-electron chi connectivity index (χ2n) is 4.19. The number of anilines is 1. The number of aliphatic hydroxyl groups excluding tert-OH is 1. The summed E-state index contributed by atoms with van der Waals surface area (Å²) < 4.78 is 13.3. The third-order valence-electron chi connectivity index (χ3n) is 2.74. The summed E-state index contributed by atoms with van der Waals surface area (Å²) >= 11 is 17.4. The predicted octanol–water partition coefficient (Wildman–Crippen LogP) is 4.93. The maximum atomic E-state index is 13.3. The van der Waals surface area contributed by atoms with Gasteiger partial charge in [0.05, 0.1) is 11.1 Å². The van der Waals surface area contributed by atoms with Gasteiger partial charge in [0.25, 0.3) is 0 Å². The minimum Gasteiger partial charge on any atom is -0.387 e. The lowest BCUT2D eigenvalue weighted by Crippen LogP contribution is -2.12. The third-order valence-corrected chi connectivity index (χ3v) is 3.62. The van der Waals surface area contributed by atoms with Gasteiger partial charge in [-0.2, -0.15) is 0 Å². The van der Waals surface area contributed by atoms with E-state index in [1.807, 2.05) is 0 Å². The normalized spacial score (nSPS) is 12.2. The first-order valence-corrected chi connectivity index (χ1v) is 6.92. The summed E-state index contributed by atoms with van der Waals surface area (Å²) in [5, 5.41) is 14.0. The fourth-order valence-corrected chi connectivity index (χ4v) is 2.24. The summed E-state index contributed by atoms with van der Waals surface area (Å²) in [4.78, 5) is 0. The quantitative estimate of drug-likeness (QED) is 0.831. The van der Waals surface area contributed by atoms with Crippen LogP contribution in [0, 0.1) is 5.82 Å². The number of benzene rings is 2. The lowest BCUT2D eigenvalue weighted by molar-refractivity contribution is 0.191. The molecule has 1 unspecified atom stereocenters. The molecular formula is C14H11Cl3FNO. The van der Waals surface area contributed by atoms with E-state index in [4.69, 9.17) is 34.8 Å². The minimum absolute atomic E-state index is 0.0500. The van der Waals surface area contributed by atoms with Gasteiger partial charge in [-0.3, -0.25) is 0 Å². The molecule has 0 spiro atoms. The molecule has 0 aromatic heterocycles. The number of rotatable bonds is 4. The molecule has 2 aromatic carbocycles. The van der Waals surface area contributed by atoms with Crippen LogP contribution in [0.2, 0.25) is 15.1 Å². The van der Waals surface area contributed by atoms with Gasteiger partial charge in [-0.15, -0.1) is 0 Å². The molecule has 2 rings (SSSR count). The summed E-state index contributed by atoms with van der Waals surface area (Å²) in [6.45, 7) is 0.168. The van der Waals surface area contributed by atoms with Gasteiger partial charge in [-0.25, -0.2) is 4.39 Å². The summed E-state index contributed by atoms with van der Waals surface area (Å²) in [5.41, 5.74) is 1.03. The molecule has 106 valence electrons. The van der Waals surface area contributed by atoms with E-state index in [-0.39, 0.29) is 11.6 Å². The van der Waals surface area contributed by atoms with E-state index >= 15 is 0 Å². The van der Waals surface area contributed by atoms with Gasteiger partial charge >= 0.3 is 0 Å². The Bertz CT molecular complexity index is 621. The van der Waals surface area contributed by atoms with Gasteiger partial charge in [0, 0.05) is 27.8 Å². The van der Waals surface area contributed by atoms with Crippen molar-refractivity contribution in [1.29, 1.82) is 0 Å². The van der Waals surface area contributed by atoms with Crippen molar-refractivity contribution in [2.45, 2.75) is 6.10 Å². The van der Waals surface area contributed by atoms with E-state index in [0.717, 1.165) is 0 Å². The lowest BCUT2D eigenvalue weighted by atomic mass is 10.1. The summed E-state index contributed by atoms with van der Waals surface area (Å²) in [7, 11) is 0. The van der Waals surface area contributed by atoms with Crippen LogP contribution in [0.4, 0.5) is 10.1 Å². The van der Waals surface area contributed by atoms with Crippen molar-refractivity contribution < 1.29 is 9.50 Å². The van der Waals surface area contributed by atoms with E-state index in [0.29, 0.717) is 21.3 Å². The summed E-state index contributed by atoms with van der Waals surface area (Å²) in [6.07, 6.45) is -0.861. The molecule has 20 heavy (non-hydrogen) atoms. The highest BCUT2D eigenvalue weighted by Crippen LogP contribution is 2.27. The molecule has 2 nitrogen and oxygen atoms in total. The van der Waals surface area contributed by atoms with E-state index in [1.165, 1.54) is 12.1 Å². The molecule has 0 saturated carbocycles. The smallest absolute Gasteiger partial charge is 0.143 e. The SMILES string of the molecule is OC(CNc1ccc(Cl)c(F)c1)c1cc(Cl)ccc1Cl. The van der Waals surface area contributed by atoms with Crippen LogP contribution in [0.25, 0.3) is 0 Å². The molecular weight excluding hydrogens is 324 g/mol. The van der Waals surface area contributed by atoms with Crippen molar-refractivity contribution in [2.24, 2.45) is 0 Å². The zero-order valence-electron chi connectivity index (χ0n) is 10.2. The Morgan fingerprint density at radius 2 is 1.75 bits per heavy atom. The van der Waals surface area contributed by atoms with E-state index < -0.39 is 11.9 Å². The molecule has 0 fully saturated rings. The third kappa shape index (κ3) is 3.76. The standard InChI is InChI=1S/C14H11Cl3FNO/c15-8-1-3-11(16)10(5-8)14(20)7-19-9-2-4-12(17)13(18)6-9/h1-6,14,19-20H,7H2. The van der Waals surface area contributed by atoms with Gasteiger partial charge in [-0.05, 0) is 36.4 Å². The van der Waals surface area contributed by atoms with Crippen molar-refractivity contribution in [3.05, 3.63) is 62.8 Å². The van der Waals surface area contributed by atoms with Gasteiger partial charge in [-0.1, -0.05) is 34.8 Å². The second kappa shape index (κ2) is 6.64. The Balaban J connectivity index is 2.06. The highest BCUT2D eigenvalue weighted by atomic mass is 35.5. The number of hydrogen-bond acceptors (Lipinski definition) is 2. The molecule has 6 heteroatoms. The van der Waals surface area contributed by atoms with E-state index in [9.17, 15) is 9.50 Å². The molecule has 0 aliphatic heterocycles.